The van der Waals surface area contributed by atoms with Crippen LogP contribution in [0, 0.1) is 5.92 Å². The average Bonchev–Trinajstić information content (AvgIpc) is 2.96. The maximum atomic E-state index is 12.3. The molecule has 1 amide bonds. The molecule has 124 valence electrons. The lowest BCUT2D eigenvalue weighted by molar-refractivity contribution is -0.141. The zero-order valence-corrected chi connectivity index (χ0v) is 13.5. The van der Waals surface area contributed by atoms with Crippen molar-refractivity contribution >= 4 is 11.9 Å². The molecule has 0 saturated heterocycles. The maximum Gasteiger partial charge on any atom is 0.306 e. The van der Waals surface area contributed by atoms with E-state index < -0.39 is 5.97 Å². The molecule has 0 aromatic heterocycles. The summed E-state index contributed by atoms with van der Waals surface area (Å²) in [6.07, 6.45) is 3.79. The van der Waals surface area contributed by atoms with Gasteiger partial charge in [-0.05, 0) is 57.4 Å². The highest BCUT2D eigenvalue weighted by molar-refractivity contribution is 5.94. The van der Waals surface area contributed by atoms with Crippen LogP contribution in [0.3, 0.4) is 0 Å². The zero-order chi connectivity index (χ0) is 16.8. The van der Waals surface area contributed by atoms with E-state index >= 15 is 0 Å². The van der Waals surface area contributed by atoms with Gasteiger partial charge in [0.2, 0.25) is 0 Å². The summed E-state index contributed by atoms with van der Waals surface area (Å²) in [5, 5.41) is 11.9. The molecule has 5 heteroatoms. The fourth-order valence-electron chi connectivity index (χ4n) is 2.64. The standard InChI is InChI=1S/C18H23NO4/c1-12(2)8-9-23-16-5-3-4-13(11-16)17(20)19-15-7-6-14(10-15)18(21)22/h3-5,8,11,14-15H,6-7,9-10H2,1-2H3,(H,19,20)(H,21,22)/t14-,15+/m0/s1. The quantitative estimate of drug-likeness (QED) is 0.791. The summed E-state index contributed by atoms with van der Waals surface area (Å²) in [6, 6.07) is 6.95. The highest BCUT2D eigenvalue weighted by Crippen LogP contribution is 2.26. The van der Waals surface area contributed by atoms with Crippen LogP contribution < -0.4 is 10.1 Å². The van der Waals surface area contributed by atoms with Gasteiger partial charge < -0.3 is 15.2 Å². The topological polar surface area (TPSA) is 75.6 Å². The molecule has 2 atom stereocenters. The van der Waals surface area contributed by atoms with Crippen LogP contribution in [0.5, 0.6) is 5.75 Å². The largest absolute Gasteiger partial charge is 0.490 e. The Bertz CT molecular complexity index is 605. The first-order valence-electron chi connectivity index (χ1n) is 7.85. The summed E-state index contributed by atoms with van der Waals surface area (Å²) < 4.78 is 5.59. The molecule has 1 aromatic rings. The molecule has 1 fully saturated rings. The number of aliphatic carboxylic acids is 1. The van der Waals surface area contributed by atoms with Crippen molar-refractivity contribution < 1.29 is 19.4 Å². The normalized spacial score (nSPS) is 19.9. The predicted octanol–water partition coefficient (Wildman–Crippen LogP) is 3.01. The number of ether oxygens (including phenoxy) is 1. The van der Waals surface area contributed by atoms with Gasteiger partial charge in [-0.1, -0.05) is 11.6 Å². The molecule has 0 radical (unpaired) electrons. The van der Waals surface area contributed by atoms with Crippen LogP contribution in [-0.2, 0) is 4.79 Å². The first-order chi connectivity index (χ1) is 11.0. The lowest BCUT2D eigenvalue weighted by Gasteiger charge is -2.13. The zero-order valence-electron chi connectivity index (χ0n) is 13.5. The van der Waals surface area contributed by atoms with Gasteiger partial charge in [-0.3, -0.25) is 9.59 Å². The Morgan fingerprint density at radius 3 is 2.78 bits per heavy atom. The highest BCUT2D eigenvalue weighted by atomic mass is 16.5. The fourth-order valence-corrected chi connectivity index (χ4v) is 2.64. The van der Waals surface area contributed by atoms with Crippen molar-refractivity contribution in [3.05, 3.63) is 41.5 Å². The van der Waals surface area contributed by atoms with Gasteiger partial charge in [0.05, 0.1) is 5.92 Å². The summed E-state index contributed by atoms with van der Waals surface area (Å²) in [6.45, 7) is 4.47. The molecular formula is C18H23NO4. The smallest absolute Gasteiger partial charge is 0.306 e. The lowest BCUT2D eigenvalue weighted by atomic mass is 10.1. The Kier molecular flexibility index (Phi) is 5.79. The summed E-state index contributed by atoms with van der Waals surface area (Å²) in [5.74, 6) is -0.672. The third kappa shape index (κ3) is 5.13. The second-order valence-electron chi connectivity index (χ2n) is 6.14. The van der Waals surface area contributed by atoms with Gasteiger partial charge in [-0.2, -0.15) is 0 Å². The minimum Gasteiger partial charge on any atom is -0.490 e. The second kappa shape index (κ2) is 7.81. The van der Waals surface area contributed by atoms with Gasteiger partial charge in [-0.25, -0.2) is 0 Å². The number of carbonyl (C=O) groups excluding carboxylic acids is 1. The number of carboxylic acid groups (broad SMARTS) is 1. The lowest BCUT2D eigenvalue weighted by Crippen LogP contribution is -2.33. The number of carbonyl (C=O) groups is 2. The molecule has 1 saturated carbocycles. The van der Waals surface area contributed by atoms with Crippen molar-refractivity contribution in [3.8, 4) is 5.75 Å². The van der Waals surface area contributed by atoms with Crippen LogP contribution in [0.2, 0.25) is 0 Å². The molecule has 1 aliphatic carbocycles. The number of rotatable bonds is 6. The van der Waals surface area contributed by atoms with Crippen molar-refractivity contribution in [3.63, 3.8) is 0 Å². The number of carboxylic acids is 1. The Balaban J connectivity index is 1.92. The van der Waals surface area contributed by atoms with Crippen LogP contribution in [0.15, 0.2) is 35.9 Å². The van der Waals surface area contributed by atoms with E-state index in [-0.39, 0.29) is 17.9 Å². The Morgan fingerprint density at radius 1 is 1.35 bits per heavy atom. The SMILES string of the molecule is CC(C)=CCOc1cccc(C(=O)N[C@@H]2CC[C@H](C(=O)O)C2)c1. The van der Waals surface area contributed by atoms with Gasteiger partial charge >= 0.3 is 5.97 Å². The van der Waals surface area contributed by atoms with Crippen molar-refractivity contribution in [2.75, 3.05) is 6.61 Å². The fraction of sp³-hybridized carbons (Fsp3) is 0.444. The number of allylic oxidation sites excluding steroid dienone is 1. The molecule has 0 unspecified atom stereocenters. The summed E-state index contributed by atoms with van der Waals surface area (Å²) in [5.41, 5.74) is 1.70. The average molecular weight is 317 g/mol. The monoisotopic (exact) mass is 317 g/mol. The number of hydrogen-bond acceptors (Lipinski definition) is 3. The molecule has 1 aliphatic rings. The second-order valence-corrected chi connectivity index (χ2v) is 6.14. The maximum absolute atomic E-state index is 12.3. The first kappa shape index (κ1) is 17.1. The van der Waals surface area contributed by atoms with Crippen molar-refractivity contribution in [1.29, 1.82) is 0 Å². The van der Waals surface area contributed by atoms with E-state index in [1.54, 1.807) is 18.2 Å². The van der Waals surface area contributed by atoms with Crippen LogP contribution >= 0.6 is 0 Å². The number of amides is 1. The Morgan fingerprint density at radius 2 is 2.13 bits per heavy atom. The predicted molar refractivity (Wildman–Crippen MR) is 87.6 cm³/mol. The molecular weight excluding hydrogens is 294 g/mol. The first-order valence-corrected chi connectivity index (χ1v) is 7.85. The molecule has 0 heterocycles. The van der Waals surface area contributed by atoms with E-state index in [9.17, 15) is 9.59 Å². The third-order valence-electron chi connectivity index (χ3n) is 3.95. The molecule has 2 rings (SSSR count). The molecule has 0 aliphatic heterocycles. The minimum atomic E-state index is -0.781. The summed E-state index contributed by atoms with van der Waals surface area (Å²) >= 11 is 0. The molecule has 23 heavy (non-hydrogen) atoms. The molecule has 5 nitrogen and oxygen atoms in total. The van der Waals surface area contributed by atoms with Crippen molar-refractivity contribution in [2.45, 2.75) is 39.2 Å². The molecule has 1 aromatic carbocycles. The molecule has 0 spiro atoms. The van der Waals surface area contributed by atoms with Crippen LogP contribution in [0.4, 0.5) is 0 Å². The van der Waals surface area contributed by atoms with Crippen molar-refractivity contribution in [2.24, 2.45) is 5.92 Å². The van der Waals surface area contributed by atoms with E-state index in [1.165, 1.54) is 5.57 Å². The van der Waals surface area contributed by atoms with E-state index in [2.05, 4.69) is 5.32 Å². The van der Waals surface area contributed by atoms with Gasteiger partial charge in [-0.15, -0.1) is 0 Å². The highest BCUT2D eigenvalue weighted by Gasteiger charge is 2.30. The minimum absolute atomic E-state index is 0.0705. The Labute approximate surface area is 136 Å². The van der Waals surface area contributed by atoms with Crippen molar-refractivity contribution in [1.82, 2.24) is 5.32 Å². The molecule has 2 N–H and O–H groups in total. The van der Waals surface area contributed by atoms with Gasteiger partial charge in [0.25, 0.3) is 5.91 Å². The molecule has 0 bridgehead atoms. The summed E-state index contributed by atoms with van der Waals surface area (Å²) in [4.78, 5) is 23.2. The van der Waals surface area contributed by atoms with Crippen LogP contribution in [0.1, 0.15) is 43.5 Å². The third-order valence-corrected chi connectivity index (χ3v) is 3.95. The van der Waals surface area contributed by atoms with E-state index in [0.717, 1.165) is 0 Å². The van der Waals surface area contributed by atoms with E-state index in [0.29, 0.717) is 37.2 Å². The van der Waals surface area contributed by atoms with Crippen LogP contribution in [0.25, 0.3) is 0 Å². The number of benzene rings is 1. The van der Waals surface area contributed by atoms with Crippen LogP contribution in [-0.4, -0.2) is 29.6 Å². The van der Waals surface area contributed by atoms with Gasteiger partial charge in [0, 0.05) is 11.6 Å². The summed E-state index contributed by atoms with van der Waals surface area (Å²) in [7, 11) is 0. The number of nitrogens with one attached hydrogen (secondary N) is 1. The van der Waals surface area contributed by atoms with Gasteiger partial charge in [0.1, 0.15) is 12.4 Å². The van der Waals surface area contributed by atoms with Gasteiger partial charge in [0.15, 0.2) is 0 Å². The number of hydrogen-bond donors (Lipinski definition) is 2. The Hall–Kier alpha value is -2.30. The van der Waals surface area contributed by atoms with E-state index in [1.807, 2.05) is 26.0 Å². The van der Waals surface area contributed by atoms with E-state index in [4.69, 9.17) is 9.84 Å².